The van der Waals surface area contributed by atoms with Crippen molar-refractivity contribution in [1.29, 1.82) is 0 Å². The molecule has 0 heteroatoms. The van der Waals surface area contributed by atoms with Crippen LogP contribution in [-0.2, 0) is 0 Å². The van der Waals surface area contributed by atoms with E-state index in [-0.39, 0.29) is 0 Å². The van der Waals surface area contributed by atoms with E-state index in [1.807, 2.05) is 27.7 Å². The van der Waals surface area contributed by atoms with Gasteiger partial charge < -0.3 is 0 Å². The van der Waals surface area contributed by atoms with Gasteiger partial charge in [0.15, 0.2) is 0 Å². The second kappa shape index (κ2) is 10.3. The Kier molecular flexibility index (Phi) is 9.45. The van der Waals surface area contributed by atoms with Gasteiger partial charge in [0.1, 0.15) is 0 Å². The molecule has 0 bridgehead atoms. The molecular formula is C20H30. The van der Waals surface area contributed by atoms with Crippen LogP contribution in [0.1, 0.15) is 58.6 Å². The summed E-state index contributed by atoms with van der Waals surface area (Å²) in [6, 6.07) is 17.5. The van der Waals surface area contributed by atoms with Crippen molar-refractivity contribution in [2.75, 3.05) is 0 Å². The normalized spacial score (nSPS) is 9.20. The molecule has 2 aromatic carbocycles. The molecule has 0 aliphatic carbocycles. The molecule has 0 saturated heterocycles. The maximum atomic E-state index is 2.22. The predicted octanol–water partition coefficient (Wildman–Crippen LogP) is 6.84. The third-order valence-electron chi connectivity index (χ3n) is 2.96. The van der Waals surface area contributed by atoms with Gasteiger partial charge in [0.2, 0.25) is 0 Å². The van der Waals surface area contributed by atoms with Crippen LogP contribution in [0.3, 0.4) is 0 Å². The minimum atomic E-state index is 0.604. The average molecular weight is 270 g/mol. The quantitative estimate of drug-likeness (QED) is 0.560. The van der Waals surface area contributed by atoms with Crippen LogP contribution in [0.5, 0.6) is 0 Å². The fourth-order valence-electron chi connectivity index (χ4n) is 1.81. The van der Waals surface area contributed by atoms with E-state index in [2.05, 4.69) is 69.3 Å². The molecule has 0 aromatic heterocycles. The summed E-state index contributed by atoms with van der Waals surface area (Å²) >= 11 is 0. The van der Waals surface area contributed by atoms with Crippen LogP contribution >= 0.6 is 0 Å². The molecule has 0 unspecified atom stereocenters. The lowest BCUT2D eigenvalue weighted by Crippen LogP contribution is -1.86. The molecule has 110 valence electrons. The standard InChI is InChI=1S/C16H18.2C2H6/c1-12(2)14-8-10-16(11-9-14)15-6-4-13(3)5-7-15;2*1-2/h4-12H,1-3H3;2*1-2H3. The first-order chi connectivity index (χ1) is 9.66. The Morgan fingerprint density at radius 2 is 0.950 bits per heavy atom. The van der Waals surface area contributed by atoms with Crippen molar-refractivity contribution < 1.29 is 0 Å². The summed E-state index contributed by atoms with van der Waals surface area (Å²) in [5, 5.41) is 0. The molecule has 0 N–H and O–H groups in total. The van der Waals surface area contributed by atoms with Crippen LogP contribution in [0.25, 0.3) is 11.1 Å². The molecule has 0 aliphatic heterocycles. The highest BCUT2D eigenvalue weighted by molar-refractivity contribution is 5.64. The van der Waals surface area contributed by atoms with Crippen LogP contribution in [-0.4, -0.2) is 0 Å². The van der Waals surface area contributed by atoms with Gasteiger partial charge in [-0.05, 0) is 29.5 Å². The van der Waals surface area contributed by atoms with Crippen LogP contribution < -0.4 is 0 Å². The highest BCUT2D eigenvalue weighted by Gasteiger charge is 2.00. The third-order valence-corrected chi connectivity index (χ3v) is 2.96. The highest BCUT2D eigenvalue weighted by atomic mass is 14.1. The Morgan fingerprint density at radius 3 is 1.30 bits per heavy atom. The Bertz CT molecular complexity index is 446. The molecule has 2 aromatic rings. The van der Waals surface area contributed by atoms with Gasteiger partial charge in [0, 0.05) is 0 Å². The van der Waals surface area contributed by atoms with Gasteiger partial charge in [-0.25, -0.2) is 0 Å². The predicted molar refractivity (Wildman–Crippen MR) is 93.4 cm³/mol. The van der Waals surface area contributed by atoms with Crippen molar-refractivity contribution in [3.05, 3.63) is 59.7 Å². The van der Waals surface area contributed by atoms with Gasteiger partial charge in [-0.1, -0.05) is 95.6 Å². The Labute approximate surface area is 125 Å². The van der Waals surface area contributed by atoms with Crippen LogP contribution in [0.2, 0.25) is 0 Å². The van der Waals surface area contributed by atoms with Gasteiger partial charge in [0.05, 0.1) is 0 Å². The van der Waals surface area contributed by atoms with Crippen LogP contribution in [0.15, 0.2) is 48.5 Å². The van der Waals surface area contributed by atoms with Gasteiger partial charge in [-0.2, -0.15) is 0 Å². The Balaban J connectivity index is 0.000000829. The monoisotopic (exact) mass is 270 g/mol. The van der Waals surface area contributed by atoms with Crippen LogP contribution in [0.4, 0.5) is 0 Å². The lowest BCUT2D eigenvalue weighted by Gasteiger charge is -2.07. The van der Waals surface area contributed by atoms with E-state index in [1.165, 1.54) is 22.3 Å². The molecule has 0 radical (unpaired) electrons. The zero-order valence-corrected chi connectivity index (χ0v) is 14.2. The van der Waals surface area contributed by atoms with E-state index in [0.717, 1.165) is 0 Å². The Hall–Kier alpha value is -1.56. The fraction of sp³-hybridized carbons (Fsp3) is 0.400. The summed E-state index contributed by atoms with van der Waals surface area (Å²) in [5.41, 5.74) is 5.30. The molecule has 0 saturated carbocycles. The smallest absolute Gasteiger partial charge is 0.0184 e. The van der Waals surface area contributed by atoms with E-state index in [4.69, 9.17) is 0 Å². The minimum Gasteiger partial charge on any atom is -0.0683 e. The number of rotatable bonds is 2. The maximum absolute atomic E-state index is 2.22. The molecule has 0 fully saturated rings. The molecule has 2 rings (SSSR count). The molecule has 20 heavy (non-hydrogen) atoms. The maximum Gasteiger partial charge on any atom is -0.0184 e. The summed E-state index contributed by atoms with van der Waals surface area (Å²) in [4.78, 5) is 0. The molecule has 0 amide bonds. The first-order valence-electron chi connectivity index (χ1n) is 7.84. The molecular weight excluding hydrogens is 240 g/mol. The van der Waals surface area contributed by atoms with Gasteiger partial charge in [-0.3, -0.25) is 0 Å². The van der Waals surface area contributed by atoms with Gasteiger partial charge in [-0.15, -0.1) is 0 Å². The third kappa shape index (κ3) is 5.61. The van der Waals surface area contributed by atoms with E-state index in [0.29, 0.717) is 5.92 Å². The summed E-state index contributed by atoms with van der Waals surface area (Å²) < 4.78 is 0. The van der Waals surface area contributed by atoms with Crippen molar-refractivity contribution in [3.8, 4) is 11.1 Å². The largest absolute Gasteiger partial charge is 0.0683 e. The van der Waals surface area contributed by atoms with Crippen molar-refractivity contribution >= 4 is 0 Å². The van der Waals surface area contributed by atoms with Crippen LogP contribution in [0, 0.1) is 6.92 Å². The summed E-state index contributed by atoms with van der Waals surface area (Å²) in [6.07, 6.45) is 0. The van der Waals surface area contributed by atoms with Gasteiger partial charge in [0.25, 0.3) is 0 Å². The fourth-order valence-corrected chi connectivity index (χ4v) is 1.81. The minimum absolute atomic E-state index is 0.604. The topological polar surface area (TPSA) is 0 Å². The summed E-state index contributed by atoms with van der Waals surface area (Å²) in [5.74, 6) is 0.604. The zero-order chi connectivity index (χ0) is 15.5. The number of hydrogen-bond donors (Lipinski definition) is 0. The van der Waals surface area contributed by atoms with Crippen molar-refractivity contribution in [2.45, 2.75) is 54.4 Å². The molecule has 0 aliphatic rings. The second-order valence-electron chi connectivity index (χ2n) is 4.64. The average Bonchev–Trinajstić information content (AvgIpc) is 2.52. The first-order valence-corrected chi connectivity index (χ1v) is 7.84. The van der Waals surface area contributed by atoms with Crippen molar-refractivity contribution in [2.24, 2.45) is 0 Å². The molecule has 0 heterocycles. The Morgan fingerprint density at radius 1 is 0.600 bits per heavy atom. The summed E-state index contributed by atoms with van der Waals surface area (Å²) in [7, 11) is 0. The first kappa shape index (κ1) is 18.4. The lowest BCUT2D eigenvalue weighted by molar-refractivity contribution is 0.867. The van der Waals surface area contributed by atoms with Crippen molar-refractivity contribution in [1.82, 2.24) is 0 Å². The van der Waals surface area contributed by atoms with E-state index in [1.54, 1.807) is 0 Å². The van der Waals surface area contributed by atoms with Crippen molar-refractivity contribution in [3.63, 3.8) is 0 Å². The number of benzene rings is 2. The van der Waals surface area contributed by atoms with E-state index >= 15 is 0 Å². The molecule has 0 atom stereocenters. The van der Waals surface area contributed by atoms with E-state index in [9.17, 15) is 0 Å². The number of aryl methyl sites for hydroxylation is 1. The zero-order valence-electron chi connectivity index (χ0n) is 14.2. The summed E-state index contributed by atoms with van der Waals surface area (Å²) in [6.45, 7) is 14.6. The lowest BCUT2D eigenvalue weighted by atomic mass is 9.98. The second-order valence-corrected chi connectivity index (χ2v) is 4.64. The molecule has 0 nitrogen and oxygen atoms in total. The number of hydrogen-bond acceptors (Lipinski definition) is 0. The van der Waals surface area contributed by atoms with Gasteiger partial charge >= 0.3 is 0 Å². The molecule has 0 spiro atoms. The SMILES string of the molecule is CC.CC.Cc1ccc(-c2ccc(C(C)C)cc2)cc1. The highest BCUT2D eigenvalue weighted by Crippen LogP contribution is 2.22. The van der Waals surface area contributed by atoms with E-state index < -0.39 is 0 Å².